The van der Waals surface area contributed by atoms with E-state index in [4.69, 9.17) is 11.6 Å². The number of carbonyl (C=O) groups excluding carboxylic acids is 2. The highest BCUT2D eigenvalue weighted by molar-refractivity contribution is 6.30. The Morgan fingerprint density at radius 1 is 1.04 bits per heavy atom. The van der Waals surface area contributed by atoms with Crippen molar-refractivity contribution in [1.82, 2.24) is 5.32 Å². The van der Waals surface area contributed by atoms with Crippen molar-refractivity contribution in [2.75, 3.05) is 25.5 Å². The molecule has 0 aliphatic heterocycles. The fraction of sp³-hybridized carbons (Fsp3) is 0.333. The molecule has 3 N–H and O–H groups in total. The van der Waals surface area contributed by atoms with E-state index in [0.29, 0.717) is 5.02 Å². The number of likely N-dealkylation sites (N-methyl/N-ethyl adjacent to an activating group) is 1. The number of hydrogen-bond donors (Lipinski definition) is 3. The molecule has 2 atom stereocenters. The molecule has 0 heterocycles. The van der Waals surface area contributed by atoms with Crippen molar-refractivity contribution in [2.24, 2.45) is 0 Å². The number of quaternary nitrogens is 1. The van der Waals surface area contributed by atoms with E-state index >= 15 is 0 Å². The Balaban J connectivity index is 1.82. The molecule has 27 heavy (non-hydrogen) atoms. The van der Waals surface area contributed by atoms with Crippen LogP contribution in [0.2, 0.25) is 5.02 Å². The Kier molecular flexibility index (Phi) is 7.39. The van der Waals surface area contributed by atoms with Crippen molar-refractivity contribution in [2.45, 2.75) is 26.8 Å². The Morgan fingerprint density at radius 3 is 2.33 bits per heavy atom. The Morgan fingerprint density at radius 2 is 1.67 bits per heavy atom. The van der Waals surface area contributed by atoms with Gasteiger partial charge in [0.25, 0.3) is 11.8 Å². The molecule has 0 fully saturated rings. The smallest absolute Gasteiger partial charge is 0.279 e. The number of amides is 2. The van der Waals surface area contributed by atoms with Crippen LogP contribution in [0.15, 0.2) is 42.5 Å². The average molecular weight is 389 g/mol. The summed E-state index contributed by atoms with van der Waals surface area (Å²) < 4.78 is 0. The minimum atomic E-state index is -0.119. The summed E-state index contributed by atoms with van der Waals surface area (Å²) in [5.74, 6) is -0.214. The lowest BCUT2D eigenvalue weighted by Crippen LogP contribution is -3.11. The van der Waals surface area contributed by atoms with Gasteiger partial charge in [-0.05, 0) is 55.7 Å². The van der Waals surface area contributed by atoms with Crippen LogP contribution in [0.4, 0.5) is 5.69 Å². The molecule has 0 bridgehead atoms. The van der Waals surface area contributed by atoms with Gasteiger partial charge in [0.05, 0.1) is 13.1 Å². The molecule has 0 aromatic heterocycles. The van der Waals surface area contributed by atoms with E-state index in [9.17, 15) is 9.59 Å². The maximum absolute atomic E-state index is 12.3. The number of benzene rings is 2. The second-order valence-electron chi connectivity index (χ2n) is 6.95. The predicted octanol–water partition coefficient (Wildman–Crippen LogP) is 2.29. The summed E-state index contributed by atoms with van der Waals surface area (Å²) in [6.07, 6.45) is 0. The summed E-state index contributed by atoms with van der Waals surface area (Å²) in [5, 5.41) is 6.54. The van der Waals surface area contributed by atoms with Gasteiger partial charge in [-0.3, -0.25) is 9.59 Å². The van der Waals surface area contributed by atoms with Crippen LogP contribution < -0.4 is 15.5 Å². The van der Waals surface area contributed by atoms with Crippen molar-refractivity contribution >= 4 is 29.1 Å². The van der Waals surface area contributed by atoms with Crippen LogP contribution in [0.5, 0.6) is 0 Å². The van der Waals surface area contributed by atoms with Crippen LogP contribution in [0.1, 0.15) is 29.7 Å². The number of carbonyl (C=O) groups is 2. The molecular formula is C21H27ClN3O2+. The maximum Gasteiger partial charge on any atom is 0.279 e. The summed E-state index contributed by atoms with van der Waals surface area (Å²) in [6, 6.07) is 13.1. The van der Waals surface area contributed by atoms with Gasteiger partial charge < -0.3 is 15.5 Å². The van der Waals surface area contributed by atoms with Crippen LogP contribution in [-0.2, 0) is 9.59 Å². The third-order valence-corrected chi connectivity index (χ3v) is 4.80. The van der Waals surface area contributed by atoms with Gasteiger partial charge in [-0.1, -0.05) is 35.9 Å². The number of hydrogen-bond acceptors (Lipinski definition) is 2. The van der Waals surface area contributed by atoms with Crippen molar-refractivity contribution in [3.05, 3.63) is 64.2 Å². The number of nitrogens with one attached hydrogen (secondary N) is 3. The monoisotopic (exact) mass is 388 g/mol. The zero-order chi connectivity index (χ0) is 20.0. The molecule has 0 saturated carbocycles. The molecule has 2 rings (SSSR count). The molecule has 144 valence electrons. The van der Waals surface area contributed by atoms with Crippen molar-refractivity contribution in [1.29, 1.82) is 0 Å². The normalized spacial score (nSPS) is 12.9. The maximum atomic E-state index is 12.3. The first-order valence-corrected chi connectivity index (χ1v) is 9.36. The molecule has 0 aliphatic rings. The largest absolute Gasteiger partial charge is 0.345 e. The summed E-state index contributed by atoms with van der Waals surface area (Å²) in [4.78, 5) is 25.3. The second kappa shape index (κ2) is 9.53. The van der Waals surface area contributed by atoms with E-state index < -0.39 is 0 Å². The summed E-state index contributed by atoms with van der Waals surface area (Å²) >= 11 is 5.89. The molecule has 6 heteroatoms. The lowest BCUT2D eigenvalue weighted by molar-refractivity contribution is -0.862. The second-order valence-corrected chi connectivity index (χ2v) is 7.38. The van der Waals surface area contributed by atoms with Gasteiger partial charge in [-0.2, -0.15) is 0 Å². The fourth-order valence-corrected chi connectivity index (χ4v) is 2.94. The molecule has 2 aromatic carbocycles. The molecule has 0 aliphatic carbocycles. The first-order chi connectivity index (χ1) is 12.8. The summed E-state index contributed by atoms with van der Waals surface area (Å²) in [7, 11) is 1.83. The molecule has 5 nitrogen and oxygen atoms in total. The van der Waals surface area contributed by atoms with Crippen molar-refractivity contribution in [3.63, 3.8) is 0 Å². The highest BCUT2D eigenvalue weighted by atomic mass is 35.5. The van der Waals surface area contributed by atoms with E-state index in [1.165, 1.54) is 0 Å². The predicted molar refractivity (Wildman–Crippen MR) is 109 cm³/mol. The summed E-state index contributed by atoms with van der Waals surface area (Å²) in [6.45, 7) is 6.35. The van der Waals surface area contributed by atoms with Gasteiger partial charge in [0, 0.05) is 10.7 Å². The van der Waals surface area contributed by atoms with Crippen LogP contribution in [-0.4, -0.2) is 32.0 Å². The van der Waals surface area contributed by atoms with E-state index in [0.717, 1.165) is 27.3 Å². The first kappa shape index (κ1) is 20.9. The number of anilines is 1. The fourth-order valence-electron chi connectivity index (χ4n) is 2.82. The molecule has 1 unspecified atom stereocenters. The molecular weight excluding hydrogens is 362 g/mol. The van der Waals surface area contributed by atoms with E-state index in [1.807, 2.05) is 58.2 Å². The van der Waals surface area contributed by atoms with Crippen molar-refractivity contribution < 1.29 is 14.5 Å². The number of rotatable bonds is 7. The van der Waals surface area contributed by atoms with E-state index in [2.05, 4.69) is 10.6 Å². The number of aryl methyl sites for hydroxylation is 1. The van der Waals surface area contributed by atoms with Crippen LogP contribution in [0, 0.1) is 13.8 Å². The van der Waals surface area contributed by atoms with Gasteiger partial charge in [0.15, 0.2) is 13.1 Å². The minimum Gasteiger partial charge on any atom is -0.345 e. The SMILES string of the molecule is Cc1cccc(NC(=O)C[NH+](C)CC(=O)N[C@@H](C)c2ccc(Cl)cc2)c1C. The zero-order valence-electron chi connectivity index (χ0n) is 16.2. The average Bonchev–Trinajstić information content (AvgIpc) is 2.59. The van der Waals surface area contributed by atoms with E-state index in [-0.39, 0.29) is 30.9 Å². The van der Waals surface area contributed by atoms with Crippen LogP contribution in [0.3, 0.4) is 0 Å². The molecule has 2 amide bonds. The summed E-state index contributed by atoms with van der Waals surface area (Å²) in [5.41, 5.74) is 3.98. The zero-order valence-corrected chi connectivity index (χ0v) is 17.0. The Labute approximate surface area is 165 Å². The van der Waals surface area contributed by atoms with Crippen LogP contribution in [0.25, 0.3) is 0 Å². The first-order valence-electron chi connectivity index (χ1n) is 8.98. The van der Waals surface area contributed by atoms with Gasteiger partial charge in [-0.25, -0.2) is 0 Å². The highest BCUT2D eigenvalue weighted by Crippen LogP contribution is 2.17. The topological polar surface area (TPSA) is 62.6 Å². The molecule has 0 spiro atoms. The third-order valence-electron chi connectivity index (χ3n) is 4.55. The number of halogens is 1. The molecule has 0 saturated heterocycles. The van der Waals surface area contributed by atoms with Gasteiger partial charge in [0.1, 0.15) is 0 Å². The van der Waals surface area contributed by atoms with Gasteiger partial charge in [-0.15, -0.1) is 0 Å². The highest BCUT2D eigenvalue weighted by Gasteiger charge is 2.17. The standard InChI is InChI=1S/C21H26ClN3O2/c1-14-6-5-7-19(15(14)2)24-21(27)13-25(4)12-20(26)23-16(3)17-8-10-18(22)11-9-17/h5-11,16H,12-13H2,1-4H3,(H,23,26)(H,24,27)/p+1/t16-/m0/s1. The Bertz CT molecular complexity index is 806. The lowest BCUT2D eigenvalue weighted by atomic mass is 10.1. The minimum absolute atomic E-state index is 0.102. The van der Waals surface area contributed by atoms with Crippen molar-refractivity contribution in [3.8, 4) is 0 Å². The van der Waals surface area contributed by atoms with Crippen LogP contribution >= 0.6 is 11.6 Å². The van der Waals surface area contributed by atoms with Gasteiger partial charge in [0.2, 0.25) is 0 Å². The Hall–Kier alpha value is -2.37. The quantitative estimate of drug-likeness (QED) is 0.681. The molecule has 0 radical (unpaired) electrons. The third kappa shape index (κ3) is 6.38. The van der Waals surface area contributed by atoms with Gasteiger partial charge >= 0.3 is 0 Å². The molecule has 2 aromatic rings. The lowest BCUT2D eigenvalue weighted by Gasteiger charge is -2.18. The van der Waals surface area contributed by atoms with E-state index in [1.54, 1.807) is 12.1 Å².